The number of anilines is 2. The average Bonchev–Trinajstić information content (AvgIpc) is 4.13. The van der Waals surface area contributed by atoms with Gasteiger partial charge in [-0.25, -0.2) is 28.9 Å². The van der Waals surface area contributed by atoms with Gasteiger partial charge in [0.1, 0.15) is 31.7 Å². The van der Waals surface area contributed by atoms with Crippen molar-refractivity contribution >= 4 is 91.6 Å². The number of hydrogen-bond acceptors (Lipinski definition) is 12. The summed E-state index contributed by atoms with van der Waals surface area (Å²) in [6.45, 7) is 3.98. The number of carbonyl (C=O) groups is 2. The standard InChI is InChI=1S/C14H10F2N4O.C14H9FN4S.C9H8N2O2.C6H12ClN.C5H4F2N2/c1-20-5-4-8-6-9(7-17-13(8)20)14(21)18-10-2-3-11(15)19-12(10)16;1-19-5-4-8-6-9(7-16-12(8)19)13-17-10-2-3-11(15)18-14(10)20-13;1-11-3-2-6-4-7(9(12)13)5-10-8(6)11;1-5(2)6(7)8(3)4;6-4-2-1-3(8)5(7)9-4/h2-3,5-7H,4H2,1H3;2-7H,1H3;3-5H,2H2,1H3;1-4H3;1-2H,8H2/p+2. The van der Waals surface area contributed by atoms with E-state index in [9.17, 15) is 31.5 Å². The van der Waals surface area contributed by atoms with Crippen molar-refractivity contribution in [2.24, 2.45) is 7.05 Å². The van der Waals surface area contributed by atoms with Crippen LogP contribution in [0.25, 0.3) is 32.0 Å². The average molecular weight is 1010 g/mol. The van der Waals surface area contributed by atoms with E-state index in [-0.39, 0.29) is 16.9 Å². The first-order chi connectivity index (χ1) is 33.7. The largest absolute Gasteiger partial charge is 0.478 e. The second-order valence-corrected chi connectivity index (χ2v) is 17.2. The number of nitrogens with zero attached hydrogens (tertiary/aromatic N) is 11. The number of nitrogens with one attached hydrogen (secondary N) is 1. The highest BCUT2D eigenvalue weighted by atomic mass is 35.5. The van der Waals surface area contributed by atoms with Crippen molar-refractivity contribution in [3.8, 4) is 10.6 Å². The number of nitrogens with two attached hydrogens (primary N) is 1. The van der Waals surface area contributed by atoms with Crippen molar-refractivity contribution in [1.29, 1.82) is 0 Å². The topological polar surface area (TPSA) is 197 Å². The highest BCUT2D eigenvalue weighted by Gasteiger charge is 2.24. The van der Waals surface area contributed by atoms with Crippen LogP contribution in [0.2, 0.25) is 0 Å². The van der Waals surface area contributed by atoms with Gasteiger partial charge in [-0.15, -0.1) is 0 Å². The van der Waals surface area contributed by atoms with Crippen LogP contribution < -0.4 is 11.1 Å². The van der Waals surface area contributed by atoms with Gasteiger partial charge in [0.2, 0.25) is 29.7 Å². The van der Waals surface area contributed by atoms with Crippen LogP contribution in [0.4, 0.5) is 45.0 Å². The van der Waals surface area contributed by atoms with Crippen molar-refractivity contribution in [2.75, 3.05) is 39.2 Å². The third-order valence-electron chi connectivity index (χ3n) is 10.1. The summed E-state index contributed by atoms with van der Waals surface area (Å²) in [6, 6.07) is 14.6. The Labute approximate surface area is 412 Å². The normalized spacial score (nSPS) is 11.7. The Kier molecular flexibility index (Phi) is 16.9. The Morgan fingerprint density at radius 2 is 1.35 bits per heavy atom. The molecule has 2 aliphatic rings. The van der Waals surface area contributed by atoms with E-state index in [0.29, 0.717) is 22.3 Å². The second kappa shape index (κ2) is 23.0. The van der Waals surface area contributed by atoms with Gasteiger partial charge >= 0.3 is 17.6 Å². The summed E-state index contributed by atoms with van der Waals surface area (Å²) in [5, 5.41) is 13.8. The first kappa shape index (κ1) is 52.3. The minimum absolute atomic E-state index is 0.142. The molecule has 71 heavy (non-hydrogen) atoms. The summed E-state index contributed by atoms with van der Waals surface area (Å²) in [5.41, 5.74) is 10.8. The molecule has 8 aromatic heterocycles. The molecule has 366 valence electrons. The fourth-order valence-electron chi connectivity index (χ4n) is 6.59. The van der Waals surface area contributed by atoms with E-state index in [1.165, 1.54) is 29.8 Å². The SMILES string of the molecule is CC(C)=C(Cl)N(C)C.C[N+]1=CCc2cc(C(=O)Nc3ccc(F)nc3F)cnc21.C[N+]1=CCc2cc(C(=O)O)cnc21.Cn1ccc2cc(-c3nc4ccc(F)nc4s3)cnc21.Nc1ccc(F)nc1F. The number of carbonyl (C=O) groups excluding carboxylic acids is 1. The van der Waals surface area contributed by atoms with Crippen molar-refractivity contribution in [2.45, 2.75) is 26.7 Å². The molecule has 0 bridgehead atoms. The quantitative estimate of drug-likeness (QED) is 0.0642. The fourth-order valence-corrected chi connectivity index (χ4v) is 7.49. The number of allylic oxidation sites excluding steroid dienone is 1. The Balaban J connectivity index is 0.000000153. The molecule has 16 nitrogen and oxygen atoms in total. The zero-order valence-electron chi connectivity index (χ0n) is 39.1. The molecule has 10 heterocycles. The molecule has 0 unspecified atom stereocenters. The third-order valence-corrected chi connectivity index (χ3v) is 11.9. The van der Waals surface area contributed by atoms with Crippen LogP contribution in [0, 0.1) is 29.7 Å². The maximum absolute atomic E-state index is 13.4. The van der Waals surface area contributed by atoms with Gasteiger partial charge in [0.25, 0.3) is 5.91 Å². The molecule has 8 aromatic rings. The number of rotatable bonds is 5. The molecule has 0 spiro atoms. The molecule has 0 radical (unpaired) electrons. The molecule has 0 fully saturated rings. The number of carboxylic acid groups (broad SMARTS) is 1. The minimum atomic E-state index is -1.06. The Morgan fingerprint density at radius 3 is 1.92 bits per heavy atom. The Hall–Kier alpha value is -8.11. The van der Waals surface area contributed by atoms with E-state index >= 15 is 0 Å². The van der Waals surface area contributed by atoms with Crippen molar-refractivity contribution < 1.29 is 45.8 Å². The number of halogens is 6. The lowest BCUT2D eigenvalue weighted by molar-refractivity contribution is -0.401. The zero-order chi connectivity index (χ0) is 51.7. The molecule has 23 heteroatoms. The van der Waals surface area contributed by atoms with E-state index in [0.717, 1.165) is 85.8 Å². The number of fused-ring (bicyclic) bond motifs is 4. The van der Waals surface area contributed by atoms with E-state index in [2.05, 4.69) is 40.2 Å². The lowest BCUT2D eigenvalue weighted by atomic mass is 10.1. The summed E-state index contributed by atoms with van der Waals surface area (Å²) in [5.74, 6) is -4.11. The van der Waals surface area contributed by atoms with Gasteiger partial charge in [-0.2, -0.15) is 31.9 Å². The number of nitrogen functional groups attached to an aromatic ring is 1. The molecule has 0 saturated heterocycles. The molecular weight excluding hydrogens is 969 g/mol. The second-order valence-electron chi connectivity index (χ2n) is 15.9. The van der Waals surface area contributed by atoms with Gasteiger partial charge in [-0.3, -0.25) is 4.79 Å². The number of carboxylic acids is 1. The van der Waals surface area contributed by atoms with E-state index in [4.69, 9.17) is 22.4 Å². The Morgan fingerprint density at radius 1 is 0.775 bits per heavy atom. The van der Waals surface area contributed by atoms with Gasteiger partial charge < -0.3 is 25.6 Å². The van der Waals surface area contributed by atoms with Crippen LogP contribution in [-0.2, 0) is 19.9 Å². The number of pyridine rings is 6. The summed E-state index contributed by atoms with van der Waals surface area (Å²) in [6.07, 6.45) is 11.9. The summed E-state index contributed by atoms with van der Waals surface area (Å²) in [7, 11) is 9.58. The zero-order valence-corrected chi connectivity index (χ0v) is 40.7. The van der Waals surface area contributed by atoms with E-state index in [1.807, 2.05) is 98.5 Å². The summed E-state index contributed by atoms with van der Waals surface area (Å²) >= 11 is 7.13. The highest BCUT2D eigenvalue weighted by molar-refractivity contribution is 7.21. The lowest BCUT2D eigenvalue weighted by Gasteiger charge is -2.11. The van der Waals surface area contributed by atoms with Gasteiger partial charge in [-0.1, -0.05) is 22.9 Å². The maximum atomic E-state index is 13.4. The summed E-state index contributed by atoms with van der Waals surface area (Å²) < 4.78 is 69.0. The van der Waals surface area contributed by atoms with Crippen LogP contribution in [0.1, 0.15) is 45.7 Å². The number of aromatic carboxylic acids is 1. The monoisotopic (exact) mass is 1010 g/mol. The van der Waals surface area contributed by atoms with E-state index in [1.54, 1.807) is 24.4 Å². The van der Waals surface area contributed by atoms with E-state index < -0.39 is 41.6 Å². The van der Waals surface area contributed by atoms with Gasteiger partial charge in [0, 0.05) is 57.3 Å². The molecule has 0 aliphatic carbocycles. The number of thiazole rings is 1. The van der Waals surface area contributed by atoms with Crippen molar-refractivity contribution in [3.63, 3.8) is 0 Å². The summed E-state index contributed by atoms with van der Waals surface area (Å²) in [4.78, 5) is 52.1. The van der Waals surface area contributed by atoms with Gasteiger partial charge in [0.05, 0.1) is 54.6 Å². The first-order valence-electron chi connectivity index (χ1n) is 21.1. The van der Waals surface area contributed by atoms with Gasteiger partial charge in [-0.05, 0) is 90.1 Å². The molecule has 2 aliphatic heterocycles. The predicted octanol–water partition coefficient (Wildman–Crippen LogP) is 8.95. The number of aryl methyl sites for hydroxylation is 1. The van der Waals surface area contributed by atoms with Crippen molar-refractivity contribution in [3.05, 3.63) is 148 Å². The van der Waals surface area contributed by atoms with Crippen LogP contribution in [-0.4, -0.2) is 111 Å². The smallest absolute Gasteiger partial charge is 0.339 e. The fraction of sp³-hybridized carbons (Fsp3) is 0.188. The maximum Gasteiger partial charge on any atom is 0.339 e. The molecular formula is C48H45ClF5N13O3S+2. The molecule has 0 atom stereocenters. The minimum Gasteiger partial charge on any atom is -0.478 e. The van der Waals surface area contributed by atoms with Gasteiger partial charge in [0.15, 0.2) is 12.4 Å². The molecule has 10 rings (SSSR count). The highest BCUT2D eigenvalue weighted by Crippen LogP contribution is 2.30. The van der Waals surface area contributed by atoms with Crippen LogP contribution in [0.15, 0.2) is 96.2 Å². The lowest BCUT2D eigenvalue weighted by Crippen LogP contribution is -2.14. The van der Waals surface area contributed by atoms with Crippen LogP contribution >= 0.6 is 22.9 Å². The third kappa shape index (κ3) is 13.4. The molecule has 1 amide bonds. The first-order valence-corrected chi connectivity index (χ1v) is 22.3. The van der Waals surface area contributed by atoms with Crippen LogP contribution in [0.5, 0.6) is 0 Å². The number of aromatic nitrogens is 8. The molecule has 0 aromatic carbocycles. The molecule has 4 N–H and O–H groups in total. The van der Waals surface area contributed by atoms with Crippen LogP contribution in [0.3, 0.4) is 0 Å². The number of hydrogen-bond donors (Lipinski definition) is 3. The predicted molar refractivity (Wildman–Crippen MR) is 262 cm³/mol. The number of amides is 1. The Bertz CT molecular complexity index is 3390. The molecule has 0 saturated carbocycles. The van der Waals surface area contributed by atoms with Crippen molar-refractivity contribution in [1.82, 2.24) is 44.4 Å².